The molecule has 0 aromatic heterocycles. The van der Waals surface area contributed by atoms with Crippen molar-refractivity contribution in [2.24, 2.45) is 5.10 Å². The number of nitrogens with one attached hydrogen (secondary N) is 3. The summed E-state index contributed by atoms with van der Waals surface area (Å²) in [6.45, 7) is 6.41. The van der Waals surface area contributed by atoms with Crippen LogP contribution < -0.4 is 35.0 Å². The van der Waals surface area contributed by atoms with Crippen LogP contribution in [-0.2, 0) is 16.1 Å². The van der Waals surface area contributed by atoms with E-state index in [1.807, 2.05) is 56.3 Å². The van der Waals surface area contributed by atoms with Gasteiger partial charge in [-0.3, -0.25) is 5.43 Å². The predicted octanol–water partition coefficient (Wildman–Crippen LogP) is 4.79. The van der Waals surface area contributed by atoms with Gasteiger partial charge >= 0.3 is 12.0 Å². The molecule has 1 aliphatic rings. The summed E-state index contributed by atoms with van der Waals surface area (Å²) in [6, 6.07) is 17.4. The molecule has 244 valence electrons. The molecule has 3 aromatic carbocycles. The zero-order valence-electron chi connectivity index (χ0n) is 26.0. The Morgan fingerprint density at radius 3 is 2.48 bits per heavy atom. The summed E-state index contributed by atoms with van der Waals surface area (Å²) in [5.74, 6) is 1.40. The molecule has 4 rings (SSSR count). The summed E-state index contributed by atoms with van der Waals surface area (Å²) >= 11 is 2.20. The molecule has 0 fully saturated rings. The fourth-order valence-corrected chi connectivity index (χ4v) is 5.40. The monoisotopic (exact) mass is 744 g/mol. The van der Waals surface area contributed by atoms with Gasteiger partial charge in [-0.05, 0) is 84.3 Å². The zero-order valence-corrected chi connectivity index (χ0v) is 28.1. The Hall–Kier alpha value is -4.50. The lowest BCUT2D eigenvalue weighted by Crippen LogP contribution is -2.45. The quantitative estimate of drug-likeness (QED) is 0.0567. The third kappa shape index (κ3) is 9.03. The third-order valence-corrected chi connectivity index (χ3v) is 7.47. The van der Waals surface area contributed by atoms with Gasteiger partial charge in [-0.1, -0.05) is 36.4 Å². The van der Waals surface area contributed by atoms with Crippen molar-refractivity contribution in [1.82, 2.24) is 16.1 Å². The fourth-order valence-electron chi connectivity index (χ4n) is 4.62. The molecule has 0 saturated heterocycles. The molecule has 0 saturated carbocycles. The van der Waals surface area contributed by atoms with Gasteiger partial charge in [0.25, 0.3) is 0 Å². The molecule has 2 atom stereocenters. The van der Waals surface area contributed by atoms with Crippen molar-refractivity contribution < 1.29 is 38.4 Å². The van der Waals surface area contributed by atoms with Crippen LogP contribution in [0.25, 0.3) is 0 Å². The minimum Gasteiger partial charge on any atom is -0.490 e. The highest BCUT2D eigenvalue weighted by molar-refractivity contribution is 14.1. The molecule has 1 heterocycles. The predicted molar refractivity (Wildman–Crippen MR) is 180 cm³/mol. The van der Waals surface area contributed by atoms with Crippen LogP contribution in [0.3, 0.4) is 0 Å². The number of ether oxygens (including phenoxy) is 5. The first-order valence-corrected chi connectivity index (χ1v) is 15.7. The summed E-state index contributed by atoms with van der Waals surface area (Å²) < 4.78 is 29.3. The van der Waals surface area contributed by atoms with Gasteiger partial charge in [0, 0.05) is 5.70 Å². The molecule has 0 radical (unpaired) electrons. The van der Waals surface area contributed by atoms with Crippen LogP contribution in [0.2, 0.25) is 0 Å². The van der Waals surface area contributed by atoms with E-state index in [4.69, 9.17) is 23.7 Å². The van der Waals surface area contributed by atoms with Crippen molar-refractivity contribution in [3.8, 4) is 23.0 Å². The zero-order chi connectivity index (χ0) is 33.1. The number of rotatable bonds is 15. The van der Waals surface area contributed by atoms with Crippen LogP contribution in [0.1, 0.15) is 43.5 Å². The molecular weight excluding hydrogens is 707 g/mol. The third-order valence-electron chi connectivity index (χ3n) is 6.67. The maximum absolute atomic E-state index is 12.5. The summed E-state index contributed by atoms with van der Waals surface area (Å²) in [5, 5.41) is 20.0. The Balaban J connectivity index is 1.40. The second-order valence-electron chi connectivity index (χ2n) is 9.95. The molecule has 12 nitrogen and oxygen atoms in total. The average Bonchev–Trinajstić information content (AvgIpc) is 3.04. The lowest BCUT2D eigenvalue weighted by atomic mass is 9.95. The first-order chi connectivity index (χ1) is 22.2. The van der Waals surface area contributed by atoms with Gasteiger partial charge < -0.3 is 39.4 Å². The molecule has 13 heteroatoms. The van der Waals surface area contributed by atoms with Gasteiger partial charge in [0.1, 0.15) is 13.2 Å². The molecule has 46 heavy (non-hydrogen) atoms. The number of amides is 2. The normalized spacial score (nSPS) is 15.1. The van der Waals surface area contributed by atoms with Gasteiger partial charge in [-0.15, -0.1) is 0 Å². The maximum Gasteiger partial charge on any atom is 0.337 e. The molecule has 1 aliphatic heterocycles. The van der Waals surface area contributed by atoms with Gasteiger partial charge in [0.2, 0.25) is 0 Å². The molecule has 0 unspecified atom stereocenters. The minimum absolute atomic E-state index is 0.152. The summed E-state index contributed by atoms with van der Waals surface area (Å²) in [6.07, 6.45) is 0.418. The largest absolute Gasteiger partial charge is 0.490 e. The van der Waals surface area contributed by atoms with Gasteiger partial charge in [0.05, 0.1) is 41.7 Å². The van der Waals surface area contributed by atoms with E-state index in [1.165, 1.54) is 7.11 Å². The number of hydrogen-bond donors (Lipinski definition) is 4. The van der Waals surface area contributed by atoms with E-state index in [-0.39, 0.29) is 12.2 Å². The summed E-state index contributed by atoms with van der Waals surface area (Å²) in [4.78, 5) is 24.6. The highest BCUT2D eigenvalue weighted by atomic mass is 127. The highest BCUT2D eigenvalue weighted by Gasteiger charge is 2.32. The number of methoxy groups -OCH3 is 1. The van der Waals surface area contributed by atoms with Crippen molar-refractivity contribution in [2.45, 2.75) is 39.6 Å². The van der Waals surface area contributed by atoms with Crippen LogP contribution in [-0.4, -0.2) is 56.5 Å². The second-order valence-corrected chi connectivity index (χ2v) is 11.1. The lowest BCUT2D eigenvalue weighted by Gasteiger charge is -2.28. The number of urea groups is 1. The fraction of sp³-hybridized carbons (Fsp3) is 0.303. The first kappa shape index (κ1) is 34.4. The molecule has 2 amide bonds. The van der Waals surface area contributed by atoms with E-state index in [2.05, 4.69) is 43.8 Å². The van der Waals surface area contributed by atoms with Crippen molar-refractivity contribution in [2.75, 3.05) is 26.9 Å². The molecule has 0 aliphatic carbocycles. The van der Waals surface area contributed by atoms with Crippen molar-refractivity contribution >= 4 is 40.8 Å². The van der Waals surface area contributed by atoms with E-state index in [9.17, 15) is 14.7 Å². The van der Waals surface area contributed by atoms with E-state index < -0.39 is 24.3 Å². The number of aliphatic hydroxyl groups excluding tert-OH is 1. The average molecular weight is 745 g/mol. The minimum atomic E-state index is -1.15. The molecule has 4 N–H and O–H groups in total. The Morgan fingerprint density at radius 2 is 1.76 bits per heavy atom. The number of hydrazone groups is 1. The Kier molecular flexibility index (Phi) is 12.5. The standard InChI is InChI=1S/C33H37IN4O8/c1-5-43-26-16-23(30-29(32(40)42-4)20(3)36-33(41)37-30)12-13-25(26)45-19-28(39)38-35-17-22-14-24(34)31(27(15-22)44-6-2)46-18-21-10-8-7-9-11-21/h7-17,28,30,38-39H,5-6,18-19H2,1-4H3,(H2,36,37,41)/b35-17+/t28-,30-/m0/s1. The smallest absolute Gasteiger partial charge is 0.337 e. The summed E-state index contributed by atoms with van der Waals surface area (Å²) in [7, 11) is 1.28. The Bertz CT molecular complexity index is 1580. The summed E-state index contributed by atoms with van der Waals surface area (Å²) in [5.41, 5.74) is 5.70. The van der Waals surface area contributed by atoms with E-state index in [1.54, 1.807) is 31.3 Å². The SMILES string of the molecule is CCOc1cc([C@@H]2NC(=O)NC(C)=C2C(=O)OC)ccc1OC[C@H](O)N/N=C/c1cc(I)c(OCc2ccccc2)c(OCC)c1. The van der Waals surface area contributed by atoms with Crippen molar-refractivity contribution in [3.63, 3.8) is 0 Å². The number of carbonyl (C=O) groups is 2. The highest BCUT2D eigenvalue weighted by Crippen LogP contribution is 2.36. The van der Waals surface area contributed by atoms with Crippen LogP contribution in [0.15, 0.2) is 77.0 Å². The lowest BCUT2D eigenvalue weighted by molar-refractivity contribution is -0.136. The number of aliphatic hydroxyl groups is 1. The van der Waals surface area contributed by atoms with Gasteiger partial charge in [-0.2, -0.15) is 5.10 Å². The Labute approximate surface area is 281 Å². The Morgan fingerprint density at radius 1 is 1.02 bits per heavy atom. The number of hydrogen-bond acceptors (Lipinski definition) is 10. The number of esters is 1. The molecule has 0 bridgehead atoms. The second kappa shape index (κ2) is 16.7. The van der Waals surface area contributed by atoms with Gasteiger partial charge in [0.15, 0.2) is 29.2 Å². The topological polar surface area (TPSA) is 149 Å². The number of halogens is 1. The first-order valence-electron chi connectivity index (χ1n) is 14.6. The van der Waals surface area contributed by atoms with Crippen molar-refractivity contribution in [1.29, 1.82) is 0 Å². The van der Waals surface area contributed by atoms with E-state index >= 15 is 0 Å². The molecule has 0 spiro atoms. The van der Waals surface area contributed by atoms with Crippen LogP contribution in [0, 0.1) is 3.57 Å². The number of benzene rings is 3. The van der Waals surface area contributed by atoms with Crippen LogP contribution in [0.5, 0.6) is 23.0 Å². The van der Waals surface area contributed by atoms with E-state index in [0.717, 1.165) is 14.7 Å². The number of nitrogens with zero attached hydrogens (tertiary/aromatic N) is 1. The number of carbonyl (C=O) groups excluding carboxylic acids is 2. The molecular formula is C33H37IN4O8. The van der Waals surface area contributed by atoms with E-state index in [0.29, 0.717) is 54.1 Å². The van der Waals surface area contributed by atoms with Crippen LogP contribution >= 0.6 is 22.6 Å². The maximum atomic E-state index is 12.5. The van der Waals surface area contributed by atoms with Crippen molar-refractivity contribution in [3.05, 3.63) is 92.2 Å². The molecule has 3 aromatic rings. The van der Waals surface area contributed by atoms with Crippen LogP contribution in [0.4, 0.5) is 4.79 Å². The number of allylic oxidation sites excluding steroid dienone is 1. The van der Waals surface area contributed by atoms with Gasteiger partial charge in [-0.25, -0.2) is 9.59 Å².